The van der Waals surface area contributed by atoms with Gasteiger partial charge < -0.3 is 16.2 Å². The van der Waals surface area contributed by atoms with E-state index in [0.29, 0.717) is 5.75 Å². The van der Waals surface area contributed by atoms with Crippen molar-refractivity contribution < 1.29 is 17.9 Å². The van der Waals surface area contributed by atoms with Crippen LogP contribution in [0.25, 0.3) is 0 Å². The highest BCUT2D eigenvalue weighted by Crippen LogP contribution is 2.26. The molecule has 1 amide bonds. The van der Waals surface area contributed by atoms with E-state index in [-0.39, 0.29) is 22.2 Å². The Morgan fingerprint density at radius 1 is 1.14 bits per heavy atom. The Morgan fingerprint density at radius 2 is 1.76 bits per heavy atom. The molecule has 0 aliphatic heterocycles. The third-order valence-corrected chi connectivity index (χ3v) is 3.74. The maximum Gasteiger partial charge on any atom is 0.267 e. The minimum absolute atomic E-state index is 0.0203. The summed E-state index contributed by atoms with van der Waals surface area (Å²) in [7, 11) is -3.28. The monoisotopic (exact) mass is 307 g/mol. The Morgan fingerprint density at radius 3 is 2.29 bits per heavy atom. The van der Waals surface area contributed by atoms with Crippen LogP contribution in [0.5, 0.6) is 11.6 Å². The number of hydrogen-bond donors (Lipinski definition) is 2. The average molecular weight is 307 g/mol. The van der Waals surface area contributed by atoms with Gasteiger partial charge in [-0.15, -0.1) is 0 Å². The van der Waals surface area contributed by atoms with Gasteiger partial charge in [-0.3, -0.25) is 4.79 Å². The summed E-state index contributed by atoms with van der Waals surface area (Å²) in [5, 5.41) is 0. The molecule has 0 saturated heterocycles. The Labute approximate surface area is 121 Å². The van der Waals surface area contributed by atoms with E-state index in [1.807, 2.05) is 0 Å². The van der Waals surface area contributed by atoms with Crippen molar-refractivity contribution in [1.82, 2.24) is 4.98 Å². The van der Waals surface area contributed by atoms with E-state index in [1.54, 1.807) is 0 Å². The van der Waals surface area contributed by atoms with E-state index >= 15 is 0 Å². The molecular weight excluding hydrogens is 294 g/mol. The van der Waals surface area contributed by atoms with Crippen molar-refractivity contribution in [3.63, 3.8) is 0 Å². The Hall–Kier alpha value is -2.61. The zero-order valence-corrected chi connectivity index (χ0v) is 11.9. The molecule has 1 aromatic heterocycles. The van der Waals surface area contributed by atoms with Crippen LogP contribution < -0.4 is 16.2 Å². The fourth-order valence-electron chi connectivity index (χ4n) is 1.54. The molecule has 0 radical (unpaired) electrons. The third-order valence-electron chi connectivity index (χ3n) is 2.61. The molecule has 0 aliphatic rings. The van der Waals surface area contributed by atoms with Crippen LogP contribution in [0.1, 0.15) is 10.5 Å². The summed E-state index contributed by atoms with van der Waals surface area (Å²) in [4.78, 5) is 15.1. The number of rotatable bonds is 4. The molecule has 1 heterocycles. The fraction of sp³-hybridized carbons (Fsp3) is 0.0769. The molecule has 2 rings (SSSR count). The molecule has 0 aliphatic carbocycles. The van der Waals surface area contributed by atoms with Gasteiger partial charge in [-0.2, -0.15) is 0 Å². The number of nitrogens with zero attached hydrogens (tertiary/aromatic N) is 1. The number of carbonyl (C=O) groups is 1. The highest BCUT2D eigenvalue weighted by Gasteiger charge is 2.11. The molecule has 21 heavy (non-hydrogen) atoms. The lowest BCUT2D eigenvalue weighted by molar-refractivity contribution is 0.0995. The lowest BCUT2D eigenvalue weighted by Gasteiger charge is -2.08. The molecule has 110 valence electrons. The predicted octanol–water partition coefficient (Wildman–Crippen LogP) is 0.959. The second-order valence-corrected chi connectivity index (χ2v) is 6.32. The van der Waals surface area contributed by atoms with Crippen LogP contribution in [0, 0.1) is 0 Å². The highest BCUT2D eigenvalue weighted by atomic mass is 32.2. The van der Waals surface area contributed by atoms with Gasteiger partial charge in [0.1, 0.15) is 11.4 Å². The molecule has 7 nitrogen and oxygen atoms in total. The van der Waals surface area contributed by atoms with Gasteiger partial charge in [0.2, 0.25) is 5.88 Å². The van der Waals surface area contributed by atoms with Gasteiger partial charge in [-0.25, -0.2) is 13.4 Å². The van der Waals surface area contributed by atoms with Crippen molar-refractivity contribution >= 4 is 21.4 Å². The van der Waals surface area contributed by atoms with Crippen molar-refractivity contribution in [1.29, 1.82) is 0 Å². The van der Waals surface area contributed by atoms with E-state index in [0.717, 1.165) is 6.26 Å². The molecule has 0 bridgehead atoms. The van der Waals surface area contributed by atoms with Crippen LogP contribution in [0.3, 0.4) is 0 Å². The first-order chi connectivity index (χ1) is 9.77. The average Bonchev–Trinajstić information content (AvgIpc) is 2.40. The number of hydrogen-bond acceptors (Lipinski definition) is 6. The van der Waals surface area contributed by atoms with Crippen LogP contribution in [0.15, 0.2) is 41.3 Å². The summed E-state index contributed by atoms with van der Waals surface area (Å²) in [6.07, 6.45) is 1.11. The first-order valence-electron chi connectivity index (χ1n) is 5.81. The number of primary amides is 1. The summed E-state index contributed by atoms with van der Waals surface area (Å²) in [6, 6.07) is 8.57. The first-order valence-corrected chi connectivity index (χ1v) is 7.71. The number of ether oxygens (including phenoxy) is 1. The summed E-state index contributed by atoms with van der Waals surface area (Å²) in [6.45, 7) is 0. The minimum Gasteiger partial charge on any atom is -0.437 e. The number of benzene rings is 1. The number of amides is 1. The van der Waals surface area contributed by atoms with Gasteiger partial charge in [0.25, 0.3) is 5.91 Å². The Balaban J connectivity index is 2.30. The molecule has 8 heteroatoms. The van der Waals surface area contributed by atoms with Crippen molar-refractivity contribution in [2.75, 3.05) is 12.0 Å². The van der Waals surface area contributed by atoms with Crippen LogP contribution in [0.4, 0.5) is 5.69 Å². The standard InChI is InChI=1S/C13H13N3O4S/c1-21(18,19)9-4-2-8(3-5-9)20-13-10(14)6-7-11(16-13)12(15)17/h2-7H,14H2,1H3,(H2,15,17). The van der Waals surface area contributed by atoms with Gasteiger partial charge in [-0.1, -0.05) is 0 Å². The third kappa shape index (κ3) is 3.48. The molecule has 0 fully saturated rings. The Kier molecular flexibility index (Phi) is 3.81. The number of carbonyl (C=O) groups excluding carboxylic acids is 1. The first kappa shape index (κ1) is 14.8. The molecule has 2 aromatic rings. The number of nitrogens with two attached hydrogens (primary N) is 2. The summed E-state index contributed by atoms with van der Waals surface area (Å²) < 4.78 is 28.1. The van der Waals surface area contributed by atoms with Gasteiger partial charge >= 0.3 is 0 Å². The SMILES string of the molecule is CS(=O)(=O)c1ccc(Oc2nc(C(N)=O)ccc2N)cc1. The van der Waals surface area contributed by atoms with Crippen molar-refractivity contribution in [2.24, 2.45) is 5.73 Å². The largest absolute Gasteiger partial charge is 0.437 e. The fourth-order valence-corrected chi connectivity index (χ4v) is 2.17. The molecular formula is C13H13N3O4S. The van der Waals surface area contributed by atoms with E-state index in [1.165, 1.54) is 36.4 Å². The lowest BCUT2D eigenvalue weighted by atomic mass is 10.3. The van der Waals surface area contributed by atoms with Crippen molar-refractivity contribution in [2.45, 2.75) is 4.90 Å². The maximum absolute atomic E-state index is 11.4. The van der Waals surface area contributed by atoms with Crippen LogP contribution in [-0.2, 0) is 9.84 Å². The molecule has 0 atom stereocenters. The summed E-state index contributed by atoms with van der Waals surface area (Å²) in [5.74, 6) is -0.339. The van der Waals surface area contributed by atoms with Crippen molar-refractivity contribution in [3.05, 3.63) is 42.1 Å². The number of anilines is 1. The van der Waals surface area contributed by atoms with Crippen LogP contribution >= 0.6 is 0 Å². The zero-order valence-electron chi connectivity index (χ0n) is 11.1. The van der Waals surface area contributed by atoms with Gasteiger partial charge in [-0.05, 0) is 36.4 Å². The van der Waals surface area contributed by atoms with Crippen LogP contribution in [-0.4, -0.2) is 25.6 Å². The van der Waals surface area contributed by atoms with E-state index in [9.17, 15) is 13.2 Å². The second-order valence-electron chi connectivity index (χ2n) is 4.30. The quantitative estimate of drug-likeness (QED) is 0.866. The van der Waals surface area contributed by atoms with Gasteiger partial charge in [0, 0.05) is 6.26 Å². The molecule has 0 saturated carbocycles. The second kappa shape index (κ2) is 5.41. The molecule has 0 unspecified atom stereocenters. The molecule has 0 spiro atoms. The normalized spacial score (nSPS) is 11.1. The number of pyridine rings is 1. The molecule has 4 N–H and O–H groups in total. The maximum atomic E-state index is 11.4. The van der Waals surface area contributed by atoms with Gasteiger partial charge in [0.05, 0.1) is 10.6 Å². The molecule has 1 aromatic carbocycles. The smallest absolute Gasteiger partial charge is 0.267 e. The van der Waals surface area contributed by atoms with E-state index < -0.39 is 15.7 Å². The number of aromatic nitrogens is 1. The number of nitrogen functional groups attached to an aromatic ring is 1. The van der Waals surface area contributed by atoms with Gasteiger partial charge in [0.15, 0.2) is 9.84 Å². The van der Waals surface area contributed by atoms with E-state index in [2.05, 4.69) is 4.98 Å². The number of sulfone groups is 1. The van der Waals surface area contributed by atoms with E-state index in [4.69, 9.17) is 16.2 Å². The minimum atomic E-state index is -3.28. The lowest BCUT2D eigenvalue weighted by Crippen LogP contribution is -2.13. The van der Waals surface area contributed by atoms with Crippen LogP contribution in [0.2, 0.25) is 0 Å². The summed E-state index contributed by atoms with van der Waals surface area (Å²) in [5.41, 5.74) is 11.1. The predicted molar refractivity (Wildman–Crippen MR) is 76.8 cm³/mol. The topological polar surface area (TPSA) is 125 Å². The zero-order chi connectivity index (χ0) is 15.6. The van der Waals surface area contributed by atoms with Crippen molar-refractivity contribution in [3.8, 4) is 11.6 Å². The Bertz CT molecular complexity index is 786. The highest BCUT2D eigenvalue weighted by molar-refractivity contribution is 7.90. The summed E-state index contributed by atoms with van der Waals surface area (Å²) >= 11 is 0.